The molecular formula is C9H12Cl3FN2. The van der Waals surface area contributed by atoms with Crippen LogP contribution in [0, 0.1) is 5.82 Å². The van der Waals surface area contributed by atoms with Crippen LogP contribution in [-0.4, -0.2) is 11.5 Å². The molecule has 0 spiro atoms. The van der Waals surface area contributed by atoms with E-state index in [1.165, 1.54) is 6.07 Å². The molecule has 1 N–H and O–H groups in total. The fourth-order valence-corrected chi connectivity index (χ4v) is 1.87. The number of nitrogens with one attached hydrogen (secondary N) is 1. The lowest BCUT2D eigenvalue weighted by Gasteiger charge is -2.11. The van der Waals surface area contributed by atoms with Crippen LogP contribution in [0.1, 0.15) is 24.4 Å². The smallest absolute Gasteiger partial charge is 0.141 e. The van der Waals surface area contributed by atoms with Crippen LogP contribution in [0.3, 0.4) is 0 Å². The summed E-state index contributed by atoms with van der Waals surface area (Å²) < 4.78 is 12.9. The van der Waals surface area contributed by atoms with Crippen molar-refractivity contribution in [1.82, 2.24) is 10.3 Å². The number of hydrogen-bond donors (Lipinski definition) is 1. The van der Waals surface area contributed by atoms with Gasteiger partial charge in [0, 0.05) is 11.6 Å². The van der Waals surface area contributed by atoms with Gasteiger partial charge in [0.2, 0.25) is 0 Å². The SMILES string of the molecule is Cl.Cl.Fc1cnc(Cl)c(C2CCCN2)c1. The molecule has 0 aromatic carbocycles. The minimum atomic E-state index is -0.326. The summed E-state index contributed by atoms with van der Waals surface area (Å²) in [5.41, 5.74) is 0.777. The molecule has 1 fully saturated rings. The van der Waals surface area contributed by atoms with Gasteiger partial charge in [0.25, 0.3) is 0 Å². The van der Waals surface area contributed by atoms with Crippen LogP contribution in [0.25, 0.3) is 0 Å². The van der Waals surface area contributed by atoms with Gasteiger partial charge in [-0.05, 0) is 25.5 Å². The Kier molecular flexibility index (Phi) is 6.44. The Hall–Kier alpha value is -0.0900. The number of pyridine rings is 1. The summed E-state index contributed by atoms with van der Waals surface area (Å²) in [6.45, 7) is 0.970. The Morgan fingerprint density at radius 3 is 2.80 bits per heavy atom. The average molecular weight is 274 g/mol. The summed E-state index contributed by atoms with van der Waals surface area (Å²) in [4.78, 5) is 3.77. The van der Waals surface area contributed by atoms with E-state index in [9.17, 15) is 4.39 Å². The van der Waals surface area contributed by atoms with Gasteiger partial charge < -0.3 is 5.32 Å². The normalized spacial score (nSPS) is 19.2. The summed E-state index contributed by atoms with van der Waals surface area (Å²) in [5, 5.41) is 3.65. The van der Waals surface area contributed by atoms with Gasteiger partial charge in [0.1, 0.15) is 11.0 Å². The maximum atomic E-state index is 12.9. The summed E-state index contributed by atoms with van der Waals surface area (Å²) in [6, 6.07) is 1.63. The van der Waals surface area contributed by atoms with Gasteiger partial charge in [-0.2, -0.15) is 0 Å². The maximum Gasteiger partial charge on any atom is 0.141 e. The molecule has 1 atom stereocenters. The minimum Gasteiger partial charge on any atom is -0.310 e. The number of rotatable bonds is 1. The molecule has 2 rings (SSSR count). The molecule has 0 bridgehead atoms. The van der Waals surface area contributed by atoms with E-state index in [0.717, 1.165) is 31.1 Å². The van der Waals surface area contributed by atoms with E-state index in [0.29, 0.717) is 5.15 Å². The van der Waals surface area contributed by atoms with Crippen molar-refractivity contribution < 1.29 is 4.39 Å². The zero-order valence-corrected chi connectivity index (χ0v) is 10.3. The first-order chi connectivity index (χ1) is 6.27. The van der Waals surface area contributed by atoms with Crippen LogP contribution in [0.4, 0.5) is 4.39 Å². The topological polar surface area (TPSA) is 24.9 Å². The molecule has 86 valence electrons. The van der Waals surface area contributed by atoms with Crippen molar-refractivity contribution in [2.45, 2.75) is 18.9 Å². The highest BCUT2D eigenvalue weighted by Gasteiger charge is 2.19. The lowest BCUT2D eigenvalue weighted by Crippen LogP contribution is -2.13. The van der Waals surface area contributed by atoms with E-state index in [1.807, 2.05) is 0 Å². The third-order valence-electron chi connectivity index (χ3n) is 2.27. The third kappa shape index (κ3) is 3.45. The molecule has 1 unspecified atom stereocenters. The molecule has 0 radical (unpaired) electrons. The molecule has 0 aliphatic carbocycles. The van der Waals surface area contributed by atoms with E-state index in [1.54, 1.807) is 0 Å². The van der Waals surface area contributed by atoms with Crippen LogP contribution in [0.15, 0.2) is 12.3 Å². The number of aromatic nitrogens is 1. The van der Waals surface area contributed by atoms with Crippen molar-refractivity contribution in [1.29, 1.82) is 0 Å². The Morgan fingerprint density at radius 2 is 2.20 bits per heavy atom. The zero-order chi connectivity index (χ0) is 9.26. The van der Waals surface area contributed by atoms with E-state index >= 15 is 0 Å². The van der Waals surface area contributed by atoms with Crippen molar-refractivity contribution >= 4 is 36.4 Å². The molecule has 2 heterocycles. The third-order valence-corrected chi connectivity index (χ3v) is 2.58. The maximum absolute atomic E-state index is 12.9. The molecule has 1 aromatic rings. The van der Waals surface area contributed by atoms with Gasteiger partial charge in [0.05, 0.1) is 6.20 Å². The summed E-state index contributed by atoms with van der Waals surface area (Å²) in [5.74, 6) is -0.326. The van der Waals surface area contributed by atoms with Crippen LogP contribution in [0.2, 0.25) is 5.15 Å². The second-order valence-corrected chi connectivity index (χ2v) is 3.54. The first kappa shape index (κ1) is 14.9. The largest absolute Gasteiger partial charge is 0.310 e. The van der Waals surface area contributed by atoms with E-state index in [4.69, 9.17) is 11.6 Å². The molecule has 1 aromatic heterocycles. The van der Waals surface area contributed by atoms with Crippen LogP contribution < -0.4 is 5.32 Å². The highest BCUT2D eigenvalue weighted by molar-refractivity contribution is 6.30. The van der Waals surface area contributed by atoms with Gasteiger partial charge in [-0.1, -0.05) is 11.6 Å². The first-order valence-corrected chi connectivity index (χ1v) is 4.69. The van der Waals surface area contributed by atoms with Gasteiger partial charge in [-0.15, -0.1) is 24.8 Å². The molecule has 0 saturated carbocycles. The Labute approximate surface area is 105 Å². The fraction of sp³-hybridized carbons (Fsp3) is 0.444. The Morgan fingerprint density at radius 1 is 1.47 bits per heavy atom. The van der Waals surface area contributed by atoms with Gasteiger partial charge >= 0.3 is 0 Å². The first-order valence-electron chi connectivity index (χ1n) is 4.31. The molecule has 15 heavy (non-hydrogen) atoms. The van der Waals surface area contributed by atoms with Crippen molar-refractivity contribution in [3.8, 4) is 0 Å². The lowest BCUT2D eigenvalue weighted by molar-refractivity contribution is 0.599. The van der Waals surface area contributed by atoms with Crippen molar-refractivity contribution in [2.75, 3.05) is 6.54 Å². The van der Waals surface area contributed by atoms with E-state index < -0.39 is 0 Å². The average Bonchev–Trinajstić information content (AvgIpc) is 2.61. The number of hydrogen-bond acceptors (Lipinski definition) is 2. The quantitative estimate of drug-likeness (QED) is 0.795. The second-order valence-electron chi connectivity index (χ2n) is 3.18. The van der Waals surface area contributed by atoms with Crippen LogP contribution in [-0.2, 0) is 0 Å². The van der Waals surface area contributed by atoms with Crippen molar-refractivity contribution in [2.24, 2.45) is 0 Å². The van der Waals surface area contributed by atoms with E-state index in [2.05, 4.69) is 10.3 Å². The Bertz CT molecular complexity index is 316. The molecule has 2 nitrogen and oxygen atoms in total. The van der Waals surface area contributed by atoms with Gasteiger partial charge in [-0.25, -0.2) is 9.37 Å². The summed E-state index contributed by atoms with van der Waals surface area (Å²) in [6.07, 6.45) is 3.25. The molecule has 6 heteroatoms. The van der Waals surface area contributed by atoms with Gasteiger partial charge in [-0.3, -0.25) is 0 Å². The standard InChI is InChI=1S/C9H10ClFN2.2ClH/c10-9-7(4-6(11)5-13-9)8-2-1-3-12-8;;/h4-5,8,12H,1-3H2;2*1H. The number of halogens is 4. The zero-order valence-electron chi connectivity index (χ0n) is 7.87. The lowest BCUT2D eigenvalue weighted by atomic mass is 10.1. The summed E-state index contributed by atoms with van der Waals surface area (Å²) in [7, 11) is 0. The Balaban J connectivity index is 0.000000980. The van der Waals surface area contributed by atoms with E-state index in [-0.39, 0.29) is 36.7 Å². The predicted octanol–water partition coefficient (Wildman–Crippen LogP) is 3.14. The fourth-order valence-electron chi connectivity index (χ4n) is 1.63. The summed E-state index contributed by atoms with van der Waals surface area (Å²) >= 11 is 5.86. The highest BCUT2D eigenvalue weighted by Crippen LogP contribution is 2.27. The highest BCUT2D eigenvalue weighted by atomic mass is 35.5. The molecule has 1 aliphatic rings. The molecule has 1 aliphatic heterocycles. The molecular weight excluding hydrogens is 261 g/mol. The predicted molar refractivity (Wildman–Crippen MR) is 63.7 cm³/mol. The van der Waals surface area contributed by atoms with Crippen LogP contribution >= 0.6 is 36.4 Å². The monoisotopic (exact) mass is 272 g/mol. The van der Waals surface area contributed by atoms with Crippen molar-refractivity contribution in [3.05, 3.63) is 28.8 Å². The number of nitrogens with zero attached hydrogens (tertiary/aromatic N) is 1. The minimum absolute atomic E-state index is 0. The van der Waals surface area contributed by atoms with Crippen molar-refractivity contribution in [3.63, 3.8) is 0 Å². The molecule has 0 amide bonds. The molecule has 1 saturated heterocycles. The second kappa shape index (κ2) is 6.48. The van der Waals surface area contributed by atoms with Gasteiger partial charge in [0.15, 0.2) is 0 Å². The van der Waals surface area contributed by atoms with Crippen LogP contribution in [0.5, 0.6) is 0 Å².